The van der Waals surface area contributed by atoms with Crippen LogP contribution < -0.4 is 0 Å². The van der Waals surface area contributed by atoms with E-state index in [1.807, 2.05) is 27.7 Å². The monoisotopic (exact) mass is 587 g/mol. The summed E-state index contributed by atoms with van der Waals surface area (Å²) >= 11 is 0. The number of nitrogens with zero attached hydrogens (tertiary/aromatic N) is 1. The average molecular weight is 588 g/mol. The number of alkyl halides is 3. The van der Waals surface area contributed by atoms with Crippen LogP contribution >= 0.6 is 0 Å². The maximum Gasteiger partial charge on any atom is 0.468 e. The molecule has 0 aromatic heterocycles. The Morgan fingerprint density at radius 3 is 2.00 bits per heavy atom. The van der Waals surface area contributed by atoms with Gasteiger partial charge >= 0.3 is 18.1 Å². The second-order valence-electron chi connectivity index (χ2n) is 10.8. The lowest BCUT2D eigenvalue weighted by molar-refractivity contribution is -0.330. The molecule has 1 aromatic rings. The largest absolute Gasteiger partial charge is 0.468 e. The molecule has 9 nitrogen and oxygen atoms in total. The number of para-hydroxylation sites is 1. The van der Waals surface area contributed by atoms with Crippen LogP contribution in [0.4, 0.5) is 18.9 Å². The summed E-state index contributed by atoms with van der Waals surface area (Å²) in [6, 6.07) is 7.73. The normalized spacial score (nSPS) is 34.5. The molecule has 0 amide bonds. The first kappa shape index (κ1) is 32.8. The van der Waals surface area contributed by atoms with E-state index in [0.717, 1.165) is 0 Å². The van der Waals surface area contributed by atoms with E-state index in [-0.39, 0.29) is 30.0 Å². The molecule has 41 heavy (non-hydrogen) atoms. The third-order valence-electron chi connectivity index (χ3n) is 7.87. The van der Waals surface area contributed by atoms with Crippen molar-refractivity contribution in [3.8, 4) is 0 Å². The smallest absolute Gasteiger partial charge is 0.463 e. The van der Waals surface area contributed by atoms with Gasteiger partial charge in [0.2, 0.25) is 6.29 Å². The first-order chi connectivity index (χ1) is 19.2. The first-order valence-corrected chi connectivity index (χ1v) is 13.9. The van der Waals surface area contributed by atoms with Crippen molar-refractivity contribution in [2.45, 2.75) is 98.1 Å². The molecule has 0 aliphatic carbocycles. The zero-order chi connectivity index (χ0) is 30.5. The zero-order valence-corrected chi connectivity index (χ0v) is 24.4. The molecule has 12 heteroatoms. The van der Waals surface area contributed by atoms with Gasteiger partial charge in [0.05, 0.1) is 24.0 Å². The second kappa shape index (κ2) is 14.0. The Labute approximate surface area is 238 Å². The summed E-state index contributed by atoms with van der Waals surface area (Å²) in [6.07, 6.45) is -9.30. The Morgan fingerprint density at radius 1 is 0.829 bits per heavy atom. The van der Waals surface area contributed by atoms with Crippen molar-refractivity contribution in [2.24, 2.45) is 28.7 Å². The molecule has 2 aliphatic rings. The predicted octanol–water partition coefficient (Wildman–Crippen LogP) is 5.58. The third kappa shape index (κ3) is 8.42. The van der Waals surface area contributed by atoms with Gasteiger partial charge in [-0.2, -0.15) is 13.2 Å². The van der Waals surface area contributed by atoms with Gasteiger partial charge in [0.1, 0.15) is 6.61 Å². The summed E-state index contributed by atoms with van der Waals surface area (Å²) in [5, 5.41) is 0. The molecule has 0 radical (unpaired) electrons. The zero-order valence-electron chi connectivity index (χ0n) is 24.4. The van der Waals surface area contributed by atoms with Gasteiger partial charge in [-0.05, 0) is 30.4 Å². The number of hydrogen-bond acceptors (Lipinski definition) is 9. The van der Waals surface area contributed by atoms with Crippen LogP contribution in [-0.2, 0) is 38.0 Å². The van der Waals surface area contributed by atoms with E-state index in [9.17, 15) is 22.8 Å². The molecule has 0 N–H and O–H groups in total. The maximum atomic E-state index is 13.9. The molecule has 5 unspecified atom stereocenters. The van der Waals surface area contributed by atoms with Gasteiger partial charge < -0.3 is 28.4 Å². The van der Waals surface area contributed by atoms with Gasteiger partial charge in [-0.3, -0.25) is 9.59 Å². The standard InChI is InChI=1S/C29H40F3NO8/c1-8-22-24(40-27-25(37-20(7)35)16(3)15(2)23(39-27)14-36-19(6)34)17(4)18(5)26(38-22)41-28(29(30,31)32)33-21-12-10-9-11-13-21/h9-13,15-18,22-27H,8,14H2,1-7H3/b33-28+/t15-,16+,17-,18?,22?,23?,24+,25?,26?,27+/m1/s1. The SMILES string of the molecule is CCC1OC(O/C(=N/c2ccccc2)C(F)(F)F)C(C)[C@@H](C)[C@@H]1O[C@@H]1OC(COC(C)=O)[C@H](C)[C@H](C)C1OC(C)=O. The fourth-order valence-corrected chi connectivity index (χ4v) is 5.09. The highest BCUT2D eigenvalue weighted by atomic mass is 19.4. The van der Waals surface area contributed by atoms with Gasteiger partial charge in [0.25, 0.3) is 5.90 Å². The van der Waals surface area contributed by atoms with Crippen LogP contribution in [0, 0.1) is 23.7 Å². The highest BCUT2D eigenvalue weighted by Crippen LogP contribution is 2.40. The fraction of sp³-hybridized carbons (Fsp3) is 0.690. The molecule has 0 spiro atoms. The average Bonchev–Trinajstić information content (AvgIpc) is 2.90. The van der Waals surface area contributed by atoms with Crippen LogP contribution in [-0.4, -0.2) is 67.6 Å². The Bertz CT molecular complexity index is 1050. The van der Waals surface area contributed by atoms with Crippen molar-refractivity contribution >= 4 is 23.5 Å². The van der Waals surface area contributed by atoms with Crippen molar-refractivity contribution in [3.63, 3.8) is 0 Å². The number of esters is 2. The lowest BCUT2D eigenvalue weighted by Gasteiger charge is -2.48. The van der Waals surface area contributed by atoms with Crippen molar-refractivity contribution in [2.75, 3.05) is 6.61 Å². The van der Waals surface area contributed by atoms with Crippen molar-refractivity contribution in [1.29, 1.82) is 0 Å². The lowest BCUT2D eigenvalue weighted by atomic mass is 9.82. The highest BCUT2D eigenvalue weighted by Gasteiger charge is 2.51. The van der Waals surface area contributed by atoms with Gasteiger partial charge in [-0.1, -0.05) is 52.8 Å². The molecular weight excluding hydrogens is 547 g/mol. The van der Waals surface area contributed by atoms with Crippen LogP contribution in [0.5, 0.6) is 0 Å². The van der Waals surface area contributed by atoms with Gasteiger partial charge in [0, 0.05) is 25.7 Å². The predicted molar refractivity (Wildman–Crippen MR) is 142 cm³/mol. The van der Waals surface area contributed by atoms with E-state index in [4.69, 9.17) is 28.4 Å². The fourth-order valence-electron chi connectivity index (χ4n) is 5.09. The van der Waals surface area contributed by atoms with Gasteiger partial charge in [0.15, 0.2) is 12.4 Å². The number of carbonyl (C=O) groups is 2. The Morgan fingerprint density at radius 2 is 1.44 bits per heavy atom. The number of rotatable bonds is 8. The summed E-state index contributed by atoms with van der Waals surface area (Å²) in [5.74, 6) is -3.62. The minimum Gasteiger partial charge on any atom is -0.463 e. The van der Waals surface area contributed by atoms with E-state index in [2.05, 4.69) is 4.99 Å². The topological polar surface area (TPSA) is 102 Å². The molecule has 230 valence electrons. The van der Waals surface area contributed by atoms with Crippen LogP contribution in [0.25, 0.3) is 0 Å². The van der Waals surface area contributed by atoms with Crippen molar-refractivity contribution < 1.29 is 51.2 Å². The number of ether oxygens (including phenoxy) is 6. The number of aliphatic imine (C=N–C) groups is 1. The molecule has 3 rings (SSSR count). The molecule has 2 heterocycles. The van der Waals surface area contributed by atoms with E-state index in [1.165, 1.54) is 26.0 Å². The Balaban J connectivity index is 1.83. The van der Waals surface area contributed by atoms with Crippen LogP contribution in [0.2, 0.25) is 0 Å². The lowest BCUT2D eigenvalue weighted by Crippen LogP contribution is -2.58. The van der Waals surface area contributed by atoms with Crippen molar-refractivity contribution in [1.82, 2.24) is 0 Å². The molecule has 2 fully saturated rings. The van der Waals surface area contributed by atoms with E-state index < -0.39 is 66.9 Å². The third-order valence-corrected chi connectivity index (χ3v) is 7.87. The van der Waals surface area contributed by atoms with Crippen LogP contribution in [0.1, 0.15) is 54.9 Å². The second-order valence-corrected chi connectivity index (χ2v) is 10.8. The van der Waals surface area contributed by atoms with Gasteiger partial charge in [-0.15, -0.1) is 0 Å². The molecule has 10 atom stereocenters. The van der Waals surface area contributed by atoms with Crippen molar-refractivity contribution in [3.05, 3.63) is 30.3 Å². The summed E-state index contributed by atoms with van der Waals surface area (Å²) in [6.45, 7) is 11.8. The van der Waals surface area contributed by atoms with E-state index >= 15 is 0 Å². The quantitative estimate of drug-likeness (QED) is 0.221. The Hall–Kier alpha value is -2.70. The molecule has 1 aromatic carbocycles. The number of carbonyl (C=O) groups excluding carboxylic acids is 2. The summed E-state index contributed by atoms with van der Waals surface area (Å²) in [7, 11) is 0. The highest BCUT2D eigenvalue weighted by molar-refractivity contribution is 5.84. The van der Waals surface area contributed by atoms with Crippen LogP contribution in [0.15, 0.2) is 35.3 Å². The molecule has 0 saturated carbocycles. The molecule has 2 aliphatic heterocycles. The molecular formula is C29H40F3NO8. The van der Waals surface area contributed by atoms with Crippen LogP contribution in [0.3, 0.4) is 0 Å². The maximum absolute atomic E-state index is 13.9. The first-order valence-electron chi connectivity index (χ1n) is 13.9. The number of benzene rings is 1. The van der Waals surface area contributed by atoms with E-state index in [1.54, 1.807) is 25.1 Å². The van der Waals surface area contributed by atoms with E-state index in [0.29, 0.717) is 6.42 Å². The summed E-state index contributed by atoms with van der Waals surface area (Å²) in [5.41, 5.74) is 0.0993. The summed E-state index contributed by atoms with van der Waals surface area (Å²) < 4.78 is 76.5. The van der Waals surface area contributed by atoms with Gasteiger partial charge in [-0.25, -0.2) is 4.99 Å². The number of halogens is 3. The minimum absolute atomic E-state index is 0.00525. The molecule has 2 saturated heterocycles. The minimum atomic E-state index is -4.84. The summed E-state index contributed by atoms with van der Waals surface area (Å²) in [4.78, 5) is 27.1. The number of hydrogen-bond donors (Lipinski definition) is 0. The molecule has 0 bridgehead atoms. The Kier molecular flexibility index (Phi) is 11.2.